The molecule has 0 aromatic heterocycles. The molecule has 0 aliphatic carbocycles. The van der Waals surface area contributed by atoms with Crippen molar-refractivity contribution >= 4 is 23.5 Å². The molecule has 1 aliphatic rings. The number of nitrogens with one attached hydrogen (secondary N) is 1. The lowest BCUT2D eigenvalue weighted by molar-refractivity contribution is -0.140. The lowest BCUT2D eigenvalue weighted by Crippen LogP contribution is -2.38. The van der Waals surface area contributed by atoms with Gasteiger partial charge in [0.1, 0.15) is 5.70 Å². The average Bonchev–Trinajstić information content (AvgIpc) is 2.60. The van der Waals surface area contributed by atoms with Gasteiger partial charge in [-0.2, -0.15) is 13.2 Å². The molecule has 1 aromatic rings. The summed E-state index contributed by atoms with van der Waals surface area (Å²) >= 11 is 6.18. The Bertz CT molecular complexity index is 830. The van der Waals surface area contributed by atoms with E-state index in [1.165, 1.54) is 19.1 Å². The number of esters is 2. The molecule has 0 bridgehead atoms. The maximum absolute atomic E-state index is 13.6. The summed E-state index contributed by atoms with van der Waals surface area (Å²) in [6, 6.07) is 6.03. The minimum atomic E-state index is -4.88. The van der Waals surface area contributed by atoms with Gasteiger partial charge in [-0.15, -0.1) is 0 Å². The van der Waals surface area contributed by atoms with E-state index in [-0.39, 0.29) is 28.5 Å². The van der Waals surface area contributed by atoms with E-state index in [9.17, 15) is 22.8 Å². The van der Waals surface area contributed by atoms with Crippen LogP contribution in [0.25, 0.3) is 0 Å². The SMILES string of the molecule is CCOC(=O)C1=C(C)NC(C(F)(F)F)=C(C(=O)OC)C1c1ccccc1Cl. The number of hydrogen-bond acceptors (Lipinski definition) is 5. The van der Waals surface area contributed by atoms with Gasteiger partial charge in [0.05, 0.1) is 30.8 Å². The number of carbonyl (C=O) groups is 2. The number of dihydropyridines is 1. The molecule has 1 heterocycles. The van der Waals surface area contributed by atoms with Crippen LogP contribution >= 0.6 is 11.6 Å². The zero-order valence-electron chi connectivity index (χ0n) is 14.7. The van der Waals surface area contributed by atoms with Crippen LogP contribution in [0.4, 0.5) is 13.2 Å². The van der Waals surface area contributed by atoms with Gasteiger partial charge in [-0.05, 0) is 25.5 Å². The third kappa shape index (κ3) is 4.10. The Hall–Kier alpha value is -2.48. The van der Waals surface area contributed by atoms with Crippen molar-refractivity contribution in [2.24, 2.45) is 0 Å². The molecule has 0 saturated heterocycles. The zero-order valence-corrected chi connectivity index (χ0v) is 15.5. The van der Waals surface area contributed by atoms with Gasteiger partial charge in [-0.1, -0.05) is 29.8 Å². The lowest BCUT2D eigenvalue weighted by atomic mass is 9.80. The number of rotatable bonds is 4. The first kappa shape index (κ1) is 20.8. The number of allylic oxidation sites excluding steroid dienone is 2. The number of ether oxygens (including phenoxy) is 2. The fraction of sp³-hybridized carbons (Fsp3) is 0.333. The second-order valence-corrected chi connectivity index (χ2v) is 6.02. The van der Waals surface area contributed by atoms with Crippen LogP contribution in [0.15, 0.2) is 46.8 Å². The normalized spacial score (nSPS) is 17.5. The molecule has 0 saturated carbocycles. The van der Waals surface area contributed by atoms with Gasteiger partial charge in [0.2, 0.25) is 0 Å². The van der Waals surface area contributed by atoms with E-state index in [0.29, 0.717) is 0 Å². The van der Waals surface area contributed by atoms with Crippen LogP contribution in [-0.4, -0.2) is 31.8 Å². The Morgan fingerprint density at radius 2 is 1.81 bits per heavy atom. The molecule has 146 valence electrons. The van der Waals surface area contributed by atoms with Crippen molar-refractivity contribution in [1.82, 2.24) is 5.32 Å². The third-order valence-electron chi connectivity index (χ3n) is 3.96. The van der Waals surface area contributed by atoms with Crippen molar-refractivity contribution in [3.8, 4) is 0 Å². The second-order valence-electron chi connectivity index (χ2n) is 5.62. The first-order valence-corrected chi connectivity index (χ1v) is 8.30. The molecule has 1 unspecified atom stereocenters. The molecule has 5 nitrogen and oxygen atoms in total. The summed E-state index contributed by atoms with van der Waals surface area (Å²) in [5.74, 6) is -3.48. The van der Waals surface area contributed by atoms with E-state index < -0.39 is 35.3 Å². The monoisotopic (exact) mass is 403 g/mol. The van der Waals surface area contributed by atoms with E-state index in [2.05, 4.69) is 10.1 Å². The molecule has 0 fully saturated rings. The molecule has 0 amide bonds. The van der Waals surface area contributed by atoms with Crippen LogP contribution in [-0.2, 0) is 19.1 Å². The standard InChI is InChI=1S/C18H17ClF3NO4/c1-4-27-17(25)12-9(2)23-15(18(20,21)22)14(16(24)26-3)13(12)10-7-5-6-8-11(10)19/h5-8,13,23H,4H2,1-3H3. The average molecular weight is 404 g/mol. The van der Waals surface area contributed by atoms with Crippen molar-refractivity contribution in [2.45, 2.75) is 25.9 Å². The van der Waals surface area contributed by atoms with E-state index >= 15 is 0 Å². The van der Waals surface area contributed by atoms with Gasteiger partial charge in [-0.25, -0.2) is 9.59 Å². The van der Waals surface area contributed by atoms with Crippen molar-refractivity contribution in [1.29, 1.82) is 0 Å². The number of halogens is 4. The summed E-state index contributed by atoms with van der Waals surface area (Å²) in [4.78, 5) is 24.8. The molecular weight excluding hydrogens is 387 g/mol. The first-order valence-electron chi connectivity index (χ1n) is 7.92. The van der Waals surface area contributed by atoms with Crippen molar-refractivity contribution in [2.75, 3.05) is 13.7 Å². The van der Waals surface area contributed by atoms with Gasteiger partial charge in [0.15, 0.2) is 0 Å². The Balaban J connectivity index is 2.84. The summed E-state index contributed by atoms with van der Waals surface area (Å²) in [6.07, 6.45) is -4.88. The van der Waals surface area contributed by atoms with Gasteiger partial charge < -0.3 is 14.8 Å². The number of hydrogen-bond donors (Lipinski definition) is 1. The van der Waals surface area contributed by atoms with Gasteiger partial charge >= 0.3 is 18.1 Å². The lowest BCUT2D eigenvalue weighted by Gasteiger charge is -2.32. The summed E-state index contributed by atoms with van der Waals surface area (Å²) in [6.45, 7) is 2.87. The van der Waals surface area contributed by atoms with Gasteiger partial charge in [-0.3, -0.25) is 0 Å². The van der Waals surface area contributed by atoms with Crippen LogP contribution in [0, 0.1) is 0 Å². The molecule has 27 heavy (non-hydrogen) atoms. The quantitative estimate of drug-likeness (QED) is 0.773. The largest absolute Gasteiger partial charge is 0.466 e. The summed E-state index contributed by atoms with van der Waals surface area (Å²) in [7, 11) is 0.961. The number of benzene rings is 1. The Morgan fingerprint density at radius 3 is 2.33 bits per heavy atom. The van der Waals surface area contributed by atoms with E-state index in [4.69, 9.17) is 16.3 Å². The van der Waals surface area contributed by atoms with Gasteiger partial charge in [0, 0.05) is 10.7 Å². The van der Waals surface area contributed by atoms with Crippen LogP contribution in [0.2, 0.25) is 5.02 Å². The highest BCUT2D eigenvalue weighted by Gasteiger charge is 2.47. The second kappa shape index (κ2) is 8.04. The number of methoxy groups -OCH3 is 1. The Morgan fingerprint density at radius 1 is 1.19 bits per heavy atom. The molecular formula is C18H17ClF3NO4. The molecule has 1 atom stereocenters. The van der Waals surface area contributed by atoms with E-state index in [0.717, 1.165) is 7.11 Å². The minimum absolute atomic E-state index is 0.00819. The molecule has 9 heteroatoms. The molecule has 1 N–H and O–H groups in total. The highest BCUT2D eigenvalue weighted by Crippen LogP contribution is 2.45. The molecule has 1 aromatic carbocycles. The van der Waals surface area contributed by atoms with Crippen LogP contribution in [0.5, 0.6) is 0 Å². The van der Waals surface area contributed by atoms with Crippen molar-refractivity contribution < 1.29 is 32.2 Å². The summed E-state index contributed by atoms with van der Waals surface area (Å²) < 4.78 is 50.4. The zero-order chi connectivity index (χ0) is 20.4. The number of carbonyl (C=O) groups excluding carboxylic acids is 2. The van der Waals surface area contributed by atoms with E-state index in [1.54, 1.807) is 19.1 Å². The first-order chi connectivity index (χ1) is 12.6. The van der Waals surface area contributed by atoms with Crippen LogP contribution in [0.1, 0.15) is 25.3 Å². The Labute approximate surface area is 158 Å². The molecule has 0 radical (unpaired) electrons. The fourth-order valence-electron chi connectivity index (χ4n) is 2.88. The fourth-order valence-corrected chi connectivity index (χ4v) is 3.13. The smallest absolute Gasteiger partial charge is 0.431 e. The predicted octanol–water partition coefficient (Wildman–Crippen LogP) is 3.85. The minimum Gasteiger partial charge on any atom is -0.466 e. The van der Waals surface area contributed by atoms with Crippen molar-refractivity contribution in [3.05, 3.63) is 57.4 Å². The third-order valence-corrected chi connectivity index (χ3v) is 4.31. The highest BCUT2D eigenvalue weighted by atomic mass is 35.5. The maximum atomic E-state index is 13.6. The van der Waals surface area contributed by atoms with Gasteiger partial charge in [0.25, 0.3) is 0 Å². The summed E-state index contributed by atoms with van der Waals surface area (Å²) in [5, 5.41) is 2.22. The number of alkyl halides is 3. The molecule has 0 spiro atoms. The van der Waals surface area contributed by atoms with E-state index in [1.807, 2.05) is 0 Å². The van der Waals surface area contributed by atoms with Crippen molar-refractivity contribution in [3.63, 3.8) is 0 Å². The topological polar surface area (TPSA) is 64.6 Å². The summed E-state index contributed by atoms with van der Waals surface area (Å²) in [5.41, 5.74) is -2.13. The maximum Gasteiger partial charge on any atom is 0.431 e. The Kier molecular flexibility index (Phi) is 6.20. The van der Waals surface area contributed by atoms with Crippen LogP contribution in [0.3, 0.4) is 0 Å². The highest BCUT2D eigenvalue weighted by molar-refractivity contribution is 6.31. The predicted molar refractivity (Wildman–Crippen MR) is 91.8 cm³/mol. The molecule has 2 rings (SSSR count). The molecule has 1 aliphatic heterocycles. The van der Waals surface area contributed by atoms with Crippen LogP contribution < -0.4 is 5.32 Å².